The van der Waals surface area contributed by atoms with Gasteiger partial charge in [-0.3, -0.25) is 4.79 Å². The first-order valence-corrected chi connectivity index (χ1v) is 8.27. The summed E-state index contributed by atoms with van der Waals surface area (Å²) in [7, 11) is 0. The number of rotatable bonds is 4. The number of guanidine groups is 1. The molecule has 0 unspecified atom stereocenters. The molecule has 0 saturated heterocycles. The summed E-state index contributed by atoms with van der Waals surface area (Å²) in [6.45, 7) is 1.46. The summed E-state index contributed by atoms with van der Waals surface area (Å²) < 4.78 is 47.9. The average Bonchev–Trinajstić information content (AvgIpc) is 3.15. The molecule has 1 heterocycles. The number of nitrogens with two attached hydrogens (primary N) is 2. The molecule has 0 aliphatic rings. The SMILES string of the molecule is Cc1cc(Oc2ccc(-n3ccnc3)cc2)c(C(F)(F)F)cc1C(=O)N=C(N)N. The Balaban J connectivity index is 1.97. The number of aromatic nitrogens is 2. The molecule has 0 bridgehead atoms. The van der Waals surface area contributed by atoms with E-state index < -0.39 is 29.4 Å². The lowest BCUT2D eigenvalue weighted by atomic mass is 10.0. The van der Waals surface area contributed by atoms with Gasteiger partial charge < -0.3 is 20.8 Å². The molecule has 0 radical (unpaired) electrons. The quantitative estimate of drug-likeness (QED) is 0.513. The zero-order chi connectivity index (χ0) is 21.2. The number of carbonyl (C=O) groups excluding carboxylic acids is 1. The Morgan fingerprint density at radius 3 is 2.41 bits per heavy atom. The van der Waals surface area contributed by atoms with E-state index >= 15 is 0 Å². The zero-order valence-electron chi connectivity index (χ0n) is 15.1. The molecule has 0 spiro atoms. The second-order valence-corrected chi connectivity index (χ2v) is 6.07. The summed E-state index contributed by atoms with van der Waals surface area (Å²) in [5.74, 6) is -1.75. The summed E-state index contributed by atoms with van der Waals surface area (Å²) in [6, 6.07) is 8.22. The first-order chi connectivity index (χ1) is 13.6. The van der Waals surface area contributed by atoms with Gasteiger partial charge in [-0.2, -0.15) is 18.2 Å². The van der Waals surface area contributed by atoms with Crippen molar-refractivity contribution in [1.29, 1.82) is 0 Å². The predicted molar refractivity (Wildman–Crippen MR) is 100.0 cm³/mol. The van der Waals surface area contributed by atoms with Crippen molar-refractivity contribution in [3.05, 3.63) is 71.8 Å². The monoisotopic (exact) mass is 403 g/mol. The van der Waals surface area contributed by atoms with E-state index in [4.69, 9.17) is 16.2 Å². The highest BCUT2D eigenvalue weighted by atomic mass is 19.4. The van der Waals surface area contributed by atoms with E-state index in [-0.39, 0.29) is 16.9 Å². The van der Waals surface area contributed by atoms with E-state index in [0.29, 0.717) is 6.07 Å². The molecule has 1 amide bonds. The molecule has 29 heavy (non-hydrogen) atoms. The summed E-state index contributed by atoms with van der Waals surface area (Å²) in [6.07, 6.45) is 0.168. The Bertz CT molecular complexity index is 1050. The highest BCUT2D eigenvalue weighted by Gasteiger charge is 2.36. The minimum Gasteiger partial charge on any atom is -0.457 e. The average molecular weight is 403 g/mol. The van der Waals surface area contributed by atoms with E-state index in [1.807, 2.05) is 0 Å². The van der Waals surface area contributed by atoms with Crippen molar-refractivity contribution < 1.29 is 22.7 Å². The number of imidazole rings is 1. The Morgan fingerprint density at radius 2 is 1.86 bits per heavy atom. The normalized spacial score (nSPS) is 11.2. The van der Waals surface area contributed by atoms with Crippen molar-refractivity contribution in [3.8, 4) is 17.2 Å². The lowest BCUT2D eigenvalue weighted by Gasteiger charge is -2.16. The number of amides is 1. The van der Waals surface area contributed by atoms with Crippen molar-refractivity contribution in [2.45, 2.75) is 13.1 Å². The van der Waals surface area contributed by atoms with Crippen LogP contribution in [-0.2, 0) is 6.18 Å². The summed E-state index contributed by atoms with van der Waals surface area (Å²) in [5.41, 5.74) is 9.89. The van der Waals surface area contributed by atoms with Gasteiger partial charge in [-0.15, -0.1) is 0 Å². The number of benzene rings is 2. The van der Waals surface area contributed by atoms with Crippen LogP contribution in [0.2, 0.25) is 0 Å². The van der Waals surface area contributed by atoms with Crippen molar-refractivity contribution in [1.82, 2.24) is 9.55 Å². The van der Waals surface area contributed by atoms with Crippen LogP contribution in [0.1, 0.15) is 21.5 Å². The van der Waals surface area contributed by atoms with Gasteiger partial charge in [-0.1, -0.05) is 0 Å². The van der Waals surface area contributed by atoms with Crippen LogP contribution in [-0.4, -0.2) is 21.4 Å². The van der Waals surface area contributed by atoms with Crippen LogP contribution in [0.25, 0.3) is 5.69 Å². The zero-order valence-corrected chi connectivity index (χ0v) is 15.1. The lowest BCUT2D eigenvalue weighted by Crippen LogP contribution is -2.24. The molecule has 3 rings (SSSR count). The lowest BCUT2D eigenvalue weighted by molar-refractivity contribution is -0.138. The second kappa shape index (κ2) is 7.66. The third-order valence-corrected chi connectivity index (χ3v) is 3.96. The van der Waals surface area contributed by atoms with Crippen LogP contribution in [0.5, 0.6) is 11.5 Å². The summed E-state index contributed by atoms with van der Waals surface area (Å²) >= 11 is 0. The second-order valence-electron chi connectivity index (χ2n) is 6.07. The Hall–Kier alpha value is -3.82. The van der Waals surface area contributed by atoms with E-state index in [9.17, 15) is 18.0 Å². The maximum atomic E-state index is 13.6. The van der Waals surface area contributed by atoms with Gasteiger partial charge in [0.15, 0.2) is 5.96 Å². The van der Waals surface area contributed by atoms with Crippen molar-refractivity contribution >= 4 is 11.9 Å². The van der Waals surface area contributed by atoms with Crippen LogP contribution in [0.3, 0.4) is 0 Å². The van der Waals surface area contributed by atoms with Crippen molar-refractivity contribution in [3.63, 3.8) is 0 Å². The molecule has 7 nitrogen and oxygen atoms in total. The minimum atomic E-state index is -4.76. The van der Waals surface area contributed by atoms with Crippen LogP contribution in [0.15, 0.2) is 60.1 Å². The standard InChI is InChI=1S/C19H16F3N5O2/c1-11-8-16(15(19(20,21)22)9-14(11)17(28)26-18(23)24)29-13-4-2-12(3-5-13)27-7-6-25-10-27/h2-10H,1H3,(H4,23,24,26,28). The van der Waals surface area contributed by atoms with Gasteiger partial charge in [0.25, 0.3) is 5.91 Å². The molecule has 0 saturated carbocycles. The maximum Gasteiger partial charge on any atom is 0.420 e. The molecular formula is C19H16F3N5O2. The van der Waals surface area contributed by atoms with Crippen LogP contribution in [0, 0.1) is 6.92 Å². The molecule has 1 aromatic heterocycles. The Labute approximate surface area is 163 Å². The van der Waals surface area contributed by atoms with Crippen molar-refractivity contribution in [2.75, 3.05) is 0 Å². The topological polar surface area (TPSA) is 109 Å². The van der Waals surface area contributed by atoms with Crippen molar-refractivity contribution in [2.24, 2.45) is 16.5 Å². The first kappa shape index (κ1) is 19.9. The number of aryl methyl sites for hydroxylation is 1. The third kappa shape index (κ3) is 4.54. The number of aliphatic imine (C=N–C) groups is 1. The Kier molecular flexibility index (Phi) is 5.26. The minimum absolute atomic E-state index is 0.196. The van der Waals surface area contributed by atoms with E-state index in [2.05, 4.69) is 9.98 Å². The van der Waals surface area contributed by atoms with Crippen LogP contribution >= 0.6 is 0 Å². The third-order valence-electron chi connectivity index (χ3n) is 3.96. The number of carbonyl (C=O) groups is 1. The first-order valence-electron chi connectivity index (χ1n) is 8.27. The molecule has 0 atom stereocenters. The van der Waals surface area contributed by atoms with Crippen LogP contribution in [0.4, 0.5) is 13.2 Å². The molecular weight excluding hydrogens is 387 g/mol. The molecule has 10 heteroatoms. The van der Waals surface area contributed by atoms with E-state index in [1.54, 1.807) is 35.4 Å². The van der Waals surface area contributed by atoms with Gasteiger partial charge in [0.1, 0.15) is 11.5 Å². The highest BCUT2D eigenvalue weighted by molar-refractivity contribution is 6.03. The molecule has 4 N–H and O–H groups in total. The highest BCUT2D eigenvalue weighted by Crippen LogP contribution is 2.40. The Morgan fingerprint density at radius 1 is 1.17 bits per heavy atom. The smallest absolute Gasteiger partial charge is 0.420 e. The maximum absolute atomic E-state index is 13.6. The molecule has 0 fully saturated rings. The predicted octanol–water partition coefficient (Wildman–Crippen LogP) is 3.41. The molecule has 2 aromatic carbocycles. The number of nitrogens with zero attached hydrogens (tertiary/aromatic N) is 3. The number of hydrogen-bond donors (Lipinski definition) is 2. The van der Waals surface area contributed by atoms with Crippen LogP contribution < -0.4 is 16.2 Å². The fraction of sp³-hybridized carbons (Fsp3) is 0.105. The molecule has 0 aliphatic heterocycles. The van der Waals surface area contributed by atoms with Gasteiger partial charge in [0.05, 0.1) is 11.9 Å². The van der Waals surface area contributed by atoms with E-state index in [1.165, 1.54) is 19.1 Å². The van der Waals surface area contributed by atoms with Gasteiger partial charge in [0, 0.05) is 23.6 Å². The fourth-order valence-corrected chi connectivity index (χ4v) is 2.62. The summed E-state index contributed by atoms with van der Waals surface area (Å²) in [4.78, 5) is 19.2. The van der Waals surface area contributed by atoms with Gasteiger partial charge >= 0.3 is 6.18 Å². The number of hydrogen-bond acceptors (Lipinski definition) is 3. The summed E-state index contributed by atoms with van der Waals surface area (Å²) in [5, 5.41) is 0. The number of ether oxygens (including phenoxy) is 1. The van der Waals surface area contributed by atoms with Gasteiger partial charge in [0.2, 0.25) is 0 Å². The molecule has 150 valence electrons. The largest absolute Gasteiger partial charge is 0.457 e. The molecule has 3 aromatic rings. The van der Waals surface area contributed by atoms with E-state index in [0.717, 1.165) is 11.8 Å². The van der Waals surface area contributed by atoms with Gasteiger partial charge in [-0.25, -0.2) is 4.98 Å². The molecule has 0 aliphatic carbocycles. The fourth-order valence-electron chi connectivity index (χ4n) is 2.62. The number of halogens is 3. The number of alkyl halides is 3. The van der Waals surface area contributed by atoms with Gasteiger partial charge in [-0.05, 0) is 48.9 Å².